The second-order valence-electron chi connectivity index (χ2n) is 4.98. The summed E-state index contributed by atoms with van der Waals surface area (Å²) in [6, 6.07) is 17.1. The largest absolute Gasteiger partial charge is 0.493 e. The molecule has 0 aliphatic heterocycles. The fourth-order valence-corrected chi connectivity index (χ4v) is 2.45. The molecule has 0 unspecified atom stereocenters. The van der Waals surface area contributed by atoms with Gasteiger partial charge in [0.15, 0.2) is 11.5 Å². The van der Waals surface area contributed by atoms with Crippen LogP contribution in [0.1, 0.15) is 10.4 Å². The van der Waals surface area contributed by atoms with E-state index in [-0.39, 0.29) is 0 Å². The summed E-state index contributed by atoms with van der Waals surface area (Å²) in [6.45, 7) is 0. The van der Waals surface area contributed by atoms with E-state index in [2.05, 4.69) is 0 Å². The molecule has 0 aromatic heterocycles. The fourth-order valence-electron chi connectivity index (χ4n) is 2.45. The van der Waals surface area contributed by atoms with Crippen molar-refractivity contribution in [2.45, 2.75) is 0 Å². The normalized spacial score (nSPS) is 10.3. The van der Waals surface area contributed by atoms with Gasteiger partial charge in [-0.25, -0.2) is 0 Å². The Labute approximate surface area is 134 Å². The molecule has 116 valence electrons. The van der Waals surface area contributed by atoms with Crippen LogP contribution in [0.4, 0.5) is 0 Å². The van der Waals surface area contributed by atoms with E-state index in [1.54, 1.807) is 12.1 Å². The lowest BCUT2D eigenvalue weighted by molar-refractivity contribution is 0.112. The maximum absolute atomic E-state index is 11.1. The number of aldehydes is 1. The molecule has 0 heterocycles. The summed E-state index contributed by atoms with van der Waals surface area (Å²) in [5, 5.41) is 2.20. The Morgan fingerprint density at radius 3 is 2.26 bits per heavy atom. The highest BCUT2D eigenvalue weighted by Crippen LogP contribution is 2.40. The van der Waals surface area contributed by atoms with Crippen molar-refractivity contribution in [3.63, 3.8) is 0 Å². The van der Waals surface area contributed by atoms with Crippen LogP contribution in [0.2, 0.25) is 0 Å². The maximum atomic E-state index is 11.1. The predicted octanol–water partition coefficient (Wildman–Crippen LogP) is 4.46. The molecule has 23 heavy (non-hydrogen) atoms. The van der Waals surface area contributed by atoms with Gasteiger partial charge in [-0.2, -0.15) is 0 Å². The van der Waals surface area contributed by atoms with Gasteiger partial charge in [-0.3, -0.25) is 4.79 Å². The second kappa shape index (κ2) is 6.40. The molecule has 0 spiro atoms. The number of fused-ring (bicyclic) bond motifs is 1. The van der Waals surface area contributed by atoms with Crippen molar-refractivity contribution in [2.75, 3.05) is 14.2 Å². The number of carbonyl (C=O) groups is 1. The molecule has 0 aliphatic carbocycles. The fraction of sp³-hybridized carbons (Fsp3) is 0.105. The highest BCUT2D eigenvalue weighted by Gasteiger charge is 2.14. The van der Waals surface area contributed by atoms with Crippen LogP contribution in [-0.2, 0) is 0 Å². The van der Waals surface area contributed by atoms with Crippen LogP contribution in [0.15, 0.2) is 54.6 Å². The van der Waals surface area contributed by atoms with Crippen LogP contribution in [0.3, 0.4) is 0 Å². The van der Waals surface area contributed by atoms with Crippen molar-refractivity contribution in [3.8, 4) is 23.0 Å². The first-order chi connectivity index (χ1) is 11.2. The third-order valence-corrected chi connectivity index (χ3v) is 3.55. The van der Waals surface area contributed by atoms with Gasteiger partial charge in [-0.05, 0) is 35.0 Å². The molecule has 3 aromatic carbocycles. The molecular formula is C19H16O4. The molecule has 3 aromatic rings. The predicted molar refractivity (Wildman–Crippen MR) is 89.0 cm³/mol. The second-order valence-corrected chi connectivity index (χ2v) is 4.98. The van der Waals surface area contributed by atoms with Crippen molar-refractivity contribution >= 4 is 17.1 Å². The molecule has 0 bridgehead atoms. The van der Waals surface area contributed by atoms with E-state index < -0.39 is 0 Å². The summed E-state index contributed by atoms with van der Waals surface area (Å²) < 4.78 is 16.6. The Morgan fingerprint density at radius 1 is 0.826 bits per heavy atom. The molecular weight excluding hydrogens is 292 g/mol. The Morgan fingerprint density at radius 2 is 1.57 bits per heavy atom. The molecule has 0 radical (unpaired) electrons. The molecule has 3 rings (SSSR count). The van der Waals surface area contributed by atoms with Gasteiger partial charge < -0.3 is 14.2 Å². The number of carbonyl (C=O) groups excluding carboxylic acids is 1. The Bertz CT molecular complexity index is 855. The summed E-state index contributed by atoms with van der Waals surface area (Å²) in [6.07, 6.45) is 0.745. The van der Waals surface area contributed by atoms with Gasteiger partial charge >= 0.3 is 0 Å². The third-order valence-electron chi connectivity index (χ3n) is 3.55. The van der Waals surface area contributed by atoms with E-state index in [4.69, 9.17) is 14.2 Å². The first-order valence-electron chi connectivity index (χ1n) is 7.13. The molecule has 0 atom stereocenters. The number of rotatable bonds is 5. The smallest absolute Gasteiger partial charge is 0.203 e. The number of ether oxygens (including phenoxy) is 3. The zero-order valence-corrected chi connectivity index (χ0v) is 12.9. The monoisotopic (exact) mass is 308 g/mol. The first-order valence-corrected chi connectivity index (χ1v) is 7.13. The van der Waals surface area contributed by atoms with Crippen LogP contribution >= 0.6 is 0 Å². The zero-order chi connectivity index (χ0) is 16.2. The SMILES string of the molecule is COc1cc(C=O)cc(Oc2ccc3ccccc3c2)c1OC. The molecule has 0 fully saturated rings. The topological polar surface area (TPSA) is 44.8 Å². The molecule has 4 heteroatoms. The van der Waals surface area contributed by atoms with Crippen molar-refractivity contribution < 1.29 is 19.0 Å². The summed E-state index contributed by atoms with van der Waals surface area (Å²) >= 11 is 0. The minimum Gasteiger partial charge on any atom is -0.493 e. The van der Waals surface area contributed by atoms with Gasteiger partial charge in [0, 0.05) is 5.56 Å². The van der Waals surface area contributed by atoms with Crippen LogP contribution in [0.25, 0.3) is 10.8 Å². The standard InChI is InChI=1S/C19H16O4/c1-21-17-9-13(12-20)10-18(19(17)22-2)23-16-8-7-14-5-3-4-6-15(14)11-16/h3-12H,1-2H3. The molecule has 0 saturated heterocycles. The van der Waals surface area contributed by atoms with E-state index in [1.165, 1.54) is 14.2 Å². The minimum atomic E-state index is 0.434. The number of methoxy groups -OCH3 is 2. The first kappa shape index (κ1) is 14.9. The Balaban J connectivity index is 2.04. The van der Waals surface area contributed by atoms with Gasteiger partial charge in [0.1, 0.15) is 12.0 Å². The van der Waals surface area contributed by atoms with E-state index in [1.807, 2.05) is 42.5 Å². The summed E-state index contributed by atoms with van der Waals surface area (Å²) in [5.74, 6) is 2.00. The minimum absolute atomic E-state index is 0.434. The lowest BCUT2D eigenvalue weighted by atomic mass is 10.1. The lowest BCUT2D eigenvalue weighted by Crippen LogP contribution is -1.96. The Hall–Kier alpha value is -3.01. The van der Waals surface area contributed by atoms with E-state index in [9.17, 15) is 4.79 Å². The van der Waals surface area contributed by atoms with Crippen LogP contribution in [-0.4, -0.2) is 20.5 Å². The molecule has 4 nitrogen and oxygen atoms in total. The molecule has 0 saturated carbocycles. The third kappa shape index (κ3) is 2.97. The van der Waals surface area contributed by atoms with Gasteiger partial charge in [0.25, 0.3) is 0 Å². The molecule has 0 amide bonds. The number of hydrogen-bond donors (Lipinski definition) is 0. The van der Waals surface area contributed by atoms with Gasteiger partial charge in [0.2, 0.25) is 5.75 Å². The quantitative estimate of drug-likeness (QED) is 0.653. The number of hydrogen-bond acceptors (Lipinski definition) is 4. The van der Waals surface area contributed by atoms with Gasteiger partial charge in [-0.1, -0.05) is 30.3 Å². The van der Waals surface area contributed by atoms with Crippen molar-refractivity contribution in [1.82, 2.24) is 0 Å². The van der Waals surface area contributed by atoms with Gasteiger partial charge in [-0.15, -0.1) is 0 Å². The maximum Gasteiger partial charge on any atom is 0.203 e. The lowest BCUT2D eigenvalue weighted by Gasteiger charge is -2.14. The highest BCUT2D eigenvalue weighted by atomic mass is 16.5. The van der Waals surface area contributed by atoms with Crippen LogP contribution in [0, 0.1) is 0 Å². The van der Waals surface area contributed by atoms with Gasteiger partial charge in [0.05, 0.1) is 14.2 Å². The summed E-state index contributed by atoms with van der Waals surface area (Å²) in [4.78, 5) is 11.1. The van der Waals surface area contributed by atoms with E-state index in [0.29, 0.717) is 28.6 Å². The summed E-state index contributed by atoms with van der Waals surface area (Å²) in [5.41, 5.74) is 0.457. The van der Waals surface area contributed by atoms with Crippen molar-refractivity contribution in [2.24, 2.45) is 0 Å². The van der Waals surface area contributed by atoms with E-state index >= 15 is 0 Å². The number of benzene rings is 3. The average molecular weight is 308 g/mol. The van der Waals surface area contributed by atoms with E-state index in [0.717, 1.165) is 17.1 Å². The highest BCUT2D eigenvalue weighted by molar-refractivity contribution is 5.84. The average Bonchev–Trinajstić information content (AvgIpc) is 2.60. The van der Waals surface area contributed by atoms with Crippen molar-refractivity contribution in [1.29, 1.82) is 0 Å². The van der Waals surface area contributed by atoms with Crippen LogP contribution in [0.5, 0.6) is 23.0 Å². The molecule has 0 aliphatic rings. The Kier molecular flexibility index (Phi) is 4.15. The van der Waals surface area contributed by atoms with Crippen LogP contribution < -0.4 is 14.2 Å². The summed E-state index contributed by atoms with van der Waals surface area (Å²) in [7, 11) is 3.05. The molecule has 0 N–H and O–H groups in total. The zero-order valence-electron chi connectivity index (χ0n) is 12.9. The van der Waals surface area contributed by atoms with Crippen molar-refractivity contribution in [3.05, 3.63) is 60.2 Å².